The first-order chi connectivity index (χ1) is 10.1. The van der Waals surface area contributed by atoms with Crippen molar-refractivity contribution in [3.63, 3.8) is 0 Å². The summed E-state index contributed by atoms with van der Waals surface area (Å²) in [5.41, 5.74) is 0.738. The van der Waals surface area contributed by atoms with Crippen LogP contribution in [0, 0.1) is 15.9 Å². The van der Waals surface area contributed by atoms with Crippen molar-refractivity contribution < 1.29 is 9.31 Å². The number of rotatable bonds is 3. The molecule has 0 aliphatic carbocycles. The van der Waals surface area contributed by atoms with Gasteiger partial charge in [-0.2, -0.15) is 4.39 Å². The van der Waals surface area contributed by atoms with Crippen molar-refractivity contribution in [2.24, 2.45) is 0 Å². The maximum atomic E-state index is 14.1. The van der Waals surface area contributed by atoms with E-state index in [1.165, 1.54) is 12.1 Å². The third kappa shape index (κ3) is 2.42. The van der Waals surface area contributed by atoms with Crippen LogP contribution in [0.5, 0.6) is 0 Å². The molecule has 0 saturated carbocycles. The van der Waals surface area contributed by atoms with Gasteiger partial charge in [-0.05, 0) is 18.2 Å². The highest BCUT2D eigenvalue weighted by molar-refractivity contribution is 9.10. The van der Waals surface area contributed by atoms with Crippen molar-refractivity contribution in [1.82, 2.24) is 4.57 Å². The molecule has 0 radical (unpaired) electrons. The zero-order valence-corrected chi connectivity index (χ0v) is 12.4. The van der Waals surface area contributed by atoms with Gasteiger partial charge in [-0.1, -0.05) is 34.1 Å². The van der Waals surface area contributed by atoms with Crippen LogP contribution < -0.4 is 0 Å². The molecule has 0 spiro atoms. The molecule has 0 N–H and O–H groups in total. The van der Waals surface area contributed by atoms with E-state index in [1.54, 1.807) is 6.07 Å². The molecule has 0 aliphatic heterocycles. The number of benzene rings is 2. The summed E-state index contributed by atoms with van der Waals surface area (Å²) in [6.07, 6.45) is 1.84. The Bertz CT molecular complexity index is 845. The van der Waals surface area contributed by atoms with Gasteiger partial charge in [-0.15, -0.1) is 0 Å². The molecule has 3 rings (SSSR count). The number of nitrogens with zero attached hydrogens (tertiary/aromatic N) is 2. The first-order valence-electron chi connectivity index (χ1n) is 6.23. The van der Waals surface area contributed by atoms with E-state index >= 15 is 0 Å². The van der Waals surface area contributed by atoms with Crippen molar-refractivity contribution in [3.05, 3.63) is 74.6 Å². The van der Waals surface area contributed by atoms with Crippen molar-refractivity contribution in [3.8, 4) is 0 Å². The lowest BCUT2D eigenvalue weighted by Crippen LogP contribution is -2.03. The van der Waals surface area contributed by atoms with Gasteiger partial charge in [0, 0.05) is 33.2 Å². The maximum absolute atomic E-state index is 14.1. The molecule has 106 valence electrons. The standard InChI is InChI=1S/C15H10BrFN2O2/c16-12-4-2-5-13-11(12)7-8-18(13)9-10-3-1-6-14(15(10)17)19(20)21/h1-8H,9H2. The van der Waals surface area contributed by atoms with Crippen LogP contribution in [0.3, 0.4) is 0 Å². The molecule has 0 fully saturated rings. The predicted molar refractivity (Wildman–Crippen MR) is 81.8 cm³/mol. The highest BCUT2D eigenvalue weighted by Crippen LogP contribution is 2.27. The molecule has 1 heterocycles. The normalized spacial score (nSPS) is 11.0. The zero-order valence-electron chi connectivity index (χ0n) is 10.8. The van der Waals surface area contributed by atoms with Gasteiger partial charge in [0.25, 0.3) is 0 Å². The van der Waals surface area contributed by atoms with Gasteiger partial charge in [0.1, 0.15) is 0 Å². The van der Waals surface area contributed by atoms with E-state index in [-0.39, 0.29) is 6.54 Å². The summed E-state index contributed by atoms with van der Waals surface area (Å²) in [7, 11) is 0. The summed E-state index contributed by atoms with van der Waals surface area (Å²) in [6.45, 7) is 0.244. The summed E-state index contributed by atoms with van der Waals surface area (Å²) in [6, 6.07) is 11.9. The van der Waals surface area contributed by atoms with Crippen molar-refractivity contribution >= 4 is 32.5 Å². The number of hydrogen-bond acceptors (Lipinski definition) is 2. The van der Waals surface area contributed by atoms with Crippen LogP contribution in [0.1, 0.15) is 5.56 Å². The Morgan fingerprint density at radius 1 is 1.19 bits per heavy atom. The van der Waals surface area contributed by atoms with Crippen LogP contribution in [0.15, 0.2) is 53.1 Å². The number of halogens is 2. The molecule has 4 nitrogen and oxygen atoms in total. The van der Waals surface area contributed by atoms with Crippen molar-refractivity contribution in [2.45, 2.75) is 6.54 Å². The Kier molecular flexibility index (Phi) is 3.47. The molecule has 3 aromatic rings. The van der Waals surface area contributed by atoms with Crippen LogP contribution >= 0.6 is 15.9 Å². The summed E-state index contributed by atoms with van der Waals surface area (Å²) in [4.78, 5) is 10.1. The lowest BCUT2D eigenvalue weighted by Gasteiger charge is -2.07. The monoisotopic (exact) mass is 348 g/mol. The number of nitro benzene ring substituents is 1. The smallest absolute Gasteiger partial charge is 0.305 e. The van der Waals surface area contributed by atoms with Crippen LogP contribution in [0.25, 0.3) is 10.9 Å². The van der Waals surface area contributed by atoms with Crippen LogP contribution in [-0.4, -0.2) is 9.49 Å². The zero-order chi connectivity index (χ0) is 15.0. The van der Waals surface area contributed by atoms with Crippen LogP contribution in [-0.2, 0) is 6.54 Å². The Balaban J connectivity index is 2.05. The van der Waals surface area contributed by atoms with Gasteiger partial charge in [0.05, 0.1) is 11.5 Å². The lowest BCUT2D eigenvalue weighted by atomic mass is 10.2. The Labute approximate surface area is 128 Å². The van der Waals surface area contributed by atoms with E-state index in [0.717, 1.165) is 15.4 Å². The summed E-state index contributed by atoms with van der Waals surface area (Å²) in [5, 5.41) is 11.8. The molecule has 0 atom stereocenters. The van der Waals surface area contributed by atoms with E-state index < -0.39 is 16.4 Å². The molecular formula is C15H10BrFN2O2. The highest BCUT2D eigenvalue weighted by Gasteiger charge is 2.17. The molecular weight excluding hydrogens is 339 g/mol. The fourth-order valence-corrected chi connectivity index (χ4v) is 2.82. The number of aromatic nitrogens is 1. The minimum Gasteiger partial charge on any atom is -0.343 e. The molecule has 0 amide bonds. The van der Waals surface area contributed by atoms with E-state index in [2.05, 4.69) is 15.9 Å². The van der Waals surface area contributed by atoms with Crippen LogP contribution in [0.2, 0.25) is 0 Å². The second-order valence-electron chi connectivity index (χ2n) is 4.62. The number of fused-ring (bicyclic) bond motifs is 1. The van der Waals surface area contributed by atoms with E-state index in [4.69, 9.17) is 0 Å². The van der Waals surface area contributed by atoms with E-state index in [9.17, 15) is 14.5 Å². The first kappa shape index (κ1) is 13.8. The molecule has 0 saturated heterocycles. The SMILES string of the molecule is O=[N+]([O-])c1cccc(Cn2ccc3c(Br)cccc32)c1F. The highest BCUT2D eigenvalue weighted by atomic mass is 79.9. The van der Waals surface area contributed by atoms with Crippen LogP contribution in [0.4, 0.5) is 10.1 Å². The van der Waals surface area contributed by atoms with E-state index in [1.807, 2.05) is 35.0 Å². The fraction of sp³-hybridized carbons (Fsp3) is 0.0667. The molecule has 1 aromatic heterocycles. The van der Waals surface area contributed by atoms with Crippen molar-refractivity contribution in [2.75, 3.05) is 0 Å². The Hall–Kier alpha value is -2.21. The summed E-state index contributed by atoms with van der Waals surface area (Å²) >= 11 is 3.46. The summed E-state index contributed by atoms with van der Waals surface area (Å²) < 4.78 is 17.0. The molecule has 0 bridgehead atoms. The van der Waals surface area contributed by atoms with Crippen molar-refractivity contribution in [1.29, 1.82) is 0 Å². The van der Waals surface area contributed by atoms with E-state index in [0.29, 0.717) is 5.56 Å². The maximum Gasteiger partial charge on any atom is 0.305 e. The lowest BCUT2D eigenvalue weighted by molar-refractivity contribution is -0.387. The molecule has 0 aliphatic rings. The largest absolute Gasteiger partial charge is 0.343 e. The third-order valence-corrected chi connectivity index (χ3v) is 4.05. The van der Waals surface area contributed by atoms with Gasteiger partial charge in [0.2, 0.25) is 5.82 Å². The minimum atomic E-state index is -0.778. The number of hydrogen-bond donors (Lipinski definition) is 0. The number of nitro groups is 1. The molecule has 0 unspecified atom stereocenters. The fourth-order valence-electron chi connectivity index (χ4n) is 2.34. The molecule has 6 heteroatoms. The van der Waals surface area contributed by atoms with Gasteiger partial charge >= 0.3 is 5.69 Å². The summed E-state index contributed by atoms with van der Waals surface area (Å²) in [5.74, 6) is -0.778. The minimum absolute atomic E-state index is 0.244. The third-order valence-electron chi connectivity index (χ3n) is 3.36. The van der Waals surface area contributed by atoms with Gasteiger partial charge in [-0.3, -0.25) is 10.1 Å². The second-order valence-corrected chi connectivity index (χ2v) is 5.48. The molecule has 2 aromatic carbocycles. The van der Waals surface area contributed by atoms with Gasteiger partial charge in [0.15, 0.2) is 0 Å². The van der Waals surface area contributed by atoms with Gasteiger partial charge < -0.3 is 4.57 Å². The Morgan fingerprint density at radius 2 is 1.95 bits per heavy atom. The second kappa shape index (κ2) is 5.29. The molecule has 21 heavy (non-hydrogen) atoms. The topological polar surface area (TPSA) is 48.1 Å². The quantitative estimate of drug-likeness (QED) is 0.516. The van der Waals surface area contributed by atoms with Gasteiger partial charge in [-0.25, -0.2) is 0 Å². The first-order valence-corrected chi connectivity index (χ1v) is 7.02. The predicted octanol–water partition coefficient (Wildman–Crippen LogP) is 4.50. The average Bonchev–Trinajstić information content (AvgIpc) is 2.85. The average molecular weight is 349 g/mol. The Morgan fingerprint density at radius 3 is 2.71 bits per heavy atom.